The summed E-state index contributed by atoms with van der Waals surface area (Å²) in [6.07, 6.45) is 0. The molecule has 0 unspecified atom stereocenters. The second kappa shape index (κ2) is 7.38. The number of ether oxygens (including phenoxy) is 1. The summed E-state index contributed by atoms with van der Waals surface area (Å²) in [5.41, 5.74) is 12.6. The SMILES string of the molecule is CCOc1c(C)cc(C)cc1-c1nc(-c2ccccc2CN)sc1C. The molecule has 1 heterocycles. The summed E-state index contributed by atoms with van der Waals surface area (Å²) in [4.78, 5) is 6.15. The van der Waals surface area contributed by atoms with Gasteiger partial charge in [0, 0.05) is 22.5 Å². The Balaban J connectivity index is 2.16. The summed E-state index contributed by atoms with van der Waals surface area (Å²) in [6, 6.07) is 12.5. The molecule has 3 rings (SSSR count). The number of hydrogen-bond acceptors (Lipinski definition) is 4. The quantitative estimate of drug-likeness (QED) is 0.681. The summed E-state index contributed by atoms with van der Waals surface area (Å²) in [6.45, 7) is 9.49. The highest BCUT2D eigenvalue weighted by Crippen LogP contribution is 2.40. The Morgan fingerprint density at radius 3 is 2.56 bits per heavy atom. The maximum atomic E-state index is 5.94. The third kappa shape index (κ3) is 3.46. The minimum Gasteiger partial charge on any atom is -0.493 e. The van der Waals surface area contributed by atoms with Crippen molar-refractivity contribution in [3.8, 4) is 27.6 Å². The lowest BCUT2D eigenvalue weighted by atomic mass is 10.0. The fourth-order valence-corrected chi connectivity index (χ4v) is 4.12. The van der Waals surface area contributed by atoms with Crippen molar-refractivity contribution in [2.75, 3.05) is 6.61 Å². The van der Waals surface area contributed by atoms with Gasteiger partial charge in [0.1, 0.15) is 10.8 Å². The smallest absolute Gasteiger partial charge is 0.131 e. The van der Waals surface area contributed by atoms with Gasteiger partial charge in [0.25, 0.3) is 0 Å². The van der Waals surface area contributed by atoms with E-state index in [4.69, 9.17) is 15.5 Å². The normalized spacial score (nSPS) is 10.9. The van der Waals surface area contributed by atoms with E-state index in [0.717, 1.165) is 38.7 Å². The van der Waals surface area contributed by atoms with Crippen molar-refractivity contribution in [3.63, 3.8) is 0 Å². The Kier molecular flexibility index (Phi) is 5.21. The number of aryl methyl sites for hydroxylation is 3. The van der Waals surface area contributed by atoms with Crippen LogP contribution in [-0.2, 0) is 6.54 Å². The molecule has 0 aliphatic rings. The maximum absolute atomic E-state index is 5.94. The average molecular weight is 353 g/mol. The summed E-state index contributed by atoms with van der Waals surface area (Å²) in [7, 11) is 0. The van der Waals surface area contributed by atoms with Crippen LogP contribution in [0, 0.1) is 20.8 Å². The molecule has 0 aliphatic heterocycles. The van der Waals surface area contributed by atoms with Gasteiger partial charge in [-0.15, -0.1) is 11.3 Å². The zero-order valence-corrected chi connectivity index (χ0v) is 16.0. The largest absolute Gasteiger partial charge is 0.493 e. The van der Waals surface area contributed by atoms with E-state index < -0.39 is 0 Å². The van der Waals surface area contributed by atoms with Crippen LogP contribution in [-0.4, -0.2) is 11.6 Å². The van der Waals surface area contributed by atoms with Crippen LogP contribution >= 0.6 is 11.3 Å². The van der Waals surface area contributed by atoms with E-state index in [1.54, 1.807) is 11.3 Å². The zero-order chi connectivity index (χ0) is 18.0. The molecule has 2 aromatic carbocycles. The van der Waals surface area contributed by atoms with Gasteiger partial charge in [0.15, 0.2) is 0 Å². The maximum Gasteiger partial charge on any atom is 0.131 e. The first-order chi connectivity index (χ1) is 12.0. The first-order valence-corrected chi connectivity index (χ1v) is 9.37. The molecule has 0 saturated heterocycles. The average Bonchev–Trinajstić information content (AvgIpc) is 2.98. The van der Waals surface area contributed by atoms with E-state index in [1.807, 2.05) is 19.1 Å². The molecular weight excluding hydrogens is 328 g/mol. The lowest BCUT2D eigenvalue weighted by molar-refractivity contribution is 0.339. The van der Waals surface area contributed by atoms with Gasteiger partial charge in [-0.2, -0.15) is 0 Å². The third-order valence-corrected chi connectivity index (χ3v) is 5.23. The Morgan fingerprint density at radius 1 is 1.08 bits per heavy atom. The molecule has 0 amide bonds. The fraction of sp³-hybridized carbons (Fsp3) is 0.286. The van der Waals surface area contributed by atoms with Gasteiger partial charge in [0.2, 0.25) is 0 Å². The van der Waals surface area contributed by atoms with Crippen molar-refractivity contribution in [2.45, 2.75) is 34.2 Å². The van der Waals surface area contributed by atoms with Crippen LogP contribution in [0.15, 0.2) is 36.4 Å². The van der Waals surface area contributed by atoms with Crippen molar-refractivity contribution in [3.05, 3.63) is 58.0 Å². The minimum absolute atomic E-state index is 0.512. The molecule has 0 radical (unpaired) electrons. The molecule has 0 saturated carbocycles. The highest BCUT2D eigenvalue weighted by atomic mass is 32.1. The van der Waals surface area contributed by atoms with E-state index >= 15 is 0 Å². The Morgan fingerprint density at radius 2 is 1.84 bits per heavy atom. The minimum atomic E-state index is 0.512. The predicted octanol–water partition coefficient (Wildman–Crippen LogP) is 5.26. The van der Waals surface area contributed by atoms with Crippen molar-refractivity contribution >= 4 is 11.3 Å². The van der Waals surface area contributed by atoms with Gasteiger partial charge in [-0.3, -0.25) is 0 Å². The van der Waals surface area contributed by atoms with E-state index in [1.165, 1.54) is 10.4 Å². The lowest BCUT2D eigenvalue weighted by Gasteiger charge is -2.13. The molecule has 3 aromatic rings. The van der Waals surface area contributed by atoms with Crippen LogP contribution in [0.4, 0.5) is 0 Å². The third-order valence-electron chi connectivity index (χ3n) is 4.23. The Bertz CT molecular complexity index is 899. The highest BCUT2D eigenvalue weighted by Gasteiger charge is 2.18. The first-order valence-electron chi connectivity index (χ1n) is 8.55. The molecule has 0 bridgehead atoms. The number of rotatable bonds is 5. The van der Waals surface area contributed by atoms with Crippen LogP contribution in [0.25, 0.3) is 21.8 Å². The Labute approximate surface area is 153 Å². The number of thiazole rings is 1. The fourth-order valence-electron chi connectivity index (χ4n) is 3.13. The van der Waals surface area contributed by atoms with Gasteiger partial charge >= 0.3 is 0 Å². The Hall–Kier alpha value is -2.17. The van der Waals surface area contributed by atoms with E-state index in [0.29, 0.717) is 13.2 Å². The molecule has 2 N–H and O–H groups in total. The molecule has 25 heavy (non-hydrogen) atoms. The number of nitrogens with zero attached hydrogens (tertiary/aromatic N) is 1. The van der Waals surface area contributed by atoms with Gasteiger partial charge in [-0.1, -0.05) is 30.3 Å². The molecule has 0 spiro atoms. The van der Waals surface area contributed by atoms with E-state index in [9.17, 15) is 0 Å². The zero-order valence-electron chi connectivity index (χ0n) is 15.2. The van der Waals surface area contributed by atoms with Gasteiger partial charge in [0.05, 0.1) is 12.3 Å². The molecule has 0 aliphatic carbocycles. The number of benzene rings is 2. The summed E-state index contributed by atoms with van der Waals surface area (Å²) < 4.78 is 5.94. The highest BCUT2D eigenvalue weighted by molar-refractivity contribution is 7.15. The van der Waals surface area contributed by atoms with Crippen molar-refractivity contribution in [1.82, 2.24) is 4.98 Å². The van der Waals surface area contributed by atoms with Crippen LogP contribution in [0.1, 0.15) is 28.5 Å². The standard InChI is InChI=1S/C21H24N2OS/c1-5-24-20-14(3)10-13(2)11-18(20)19-15(4)25-21(23-19)17-9-7-6-8-16(17)12-22/h6-11H,5,12,22H2,1-4H3. The van der Waals surface area contributed by atoms with Crippen LogP contribution < -0.4 is 10.5 Å². The molecular formula is C21H24N2OS. The van der Waals surface area contributed by atoms with E-state index in [2.05, 4.69) is 45.0 Å². The summed E-state index contributed by atoms with van der Waals surface area (Å²) in [5, 5.41) is 1.01. The van der Waals surface area contributed by atoms with Crippen molar-refractivity contribution < 1.29 is 4.74 Å². The second-order valence-electron chi connectivity index (χ2n) is 6.18. The molecule has 130 valence electrons. The molecule has 3 nitrogen and oxygen atoms in total. The number of aromatic nitrogens is 1. The number of hydrogen-bond donors (Lipinski definition) is 1. The molecule has 1 aromatic heterocycles. The molecule has 0 fully saturated rings. The second-order valence-corrected chi connectivity index (χ2v) is 7.38. The van der Waals surface area contributed by atoms with Crippen LogP contribution in [0.5, 0.6) is 5.75 Å². The van der Waals surface area contributed by atoms with Crippen molar-refractivity contribution in [2.24, 2.45) is 5.73 Å². The van der Waals surface area contributed by atoms with Gasteiger partial charge < -0.3 is 10.5 Å². The molecule has 4 heteroatoms. The van der Waals surface area contributed by atoms with Crippen LogP contribution in [0.3, 0.4) is 0 Å². The van der Waals surface area contributed by atoms with Crippen LogP contribution in [0.2, 0.25) is 0 Å². The molecule has 0 atom stereocenters. The first kappa shape index (κ1) is 17.6. The predicted molar refractivity (Wildman–Crippen MR) is 106 cm³/mol. The topological polar surface area (TPSA) is 48.1 Å². The summed E-state index contributed by atoms with van der Waals surface area (Å²) in [5.74, 6) is 0.931. The summed E-state index contributed by atoms with van der Waals surface area (Å²) >= 11 is 1.71. The van der Waals surface area contributed by atoms with E-state index in [-0.39, 0.29) is 0 Å². The van der Waals surface area contributed by atoms with Crippen molar-refractivity contribution in [1.29, 1.82) is 0 Å². The number of nitrogens with two attached hydrogens (primary N) is 1. The monoisotopic (exact) mass is 352 g/mol. The lowest BCUT2D eigenvalue weighted by Crippen LogP contribution is -1.99. The van der Waals surface area contributed by atoms with Gasteiger partial charge in [-0.05, 0) is 50.5 Å². The van der Waals surface area contributed by atoms with Gasteiger partial charge in [-0.25, -0.2) is 4.98 Å².